The highest BCUT2D eigenvalue weighted by atomic mass is 16.8. The second-order valence-electron chi connectivity index (χ2n) is 16.3. The zero-order valence-corrected chi connectivity index (χ0v) is 33.9. The molecule has 354 valence electrons. The van der Waals surface area contributed by atoms with E-state index in [1.807, 2.05) is 0 Å². The largest absolute Gasteiger partial charge is 0.477 e. The summed E-state index contributed by atoms with van der Waals surface area (Å²) in [6, 6.07) is -3.31. The first kappa shape index (κ1) is 51.2. The first-order valence-electron chi connectivity index (χ1n) is 19.4. The van der Waals surface area contributed by atoms with Gasteiger partial charge in [0.1, 0.15) is 91.5 Å². The minimum Gasteiger partial charge on any atom is -0.477 e. The van der Waals surface area contributed by atoms with Gasteiger partial charge in [0.25, 0.3) is 5.79 Å². The van der Waals surface area contributed by atoms with Crippen LogP contribution in [0.15, 0.2) is 0 Å². The molecule has 4 fully saturated rings. The highest BCUT2D eigenvalue weighted by Crippen LogP contribution is 2.37. The predicted octanol–water partition coefficient (Wildman–Crippen LogP) is -8.43. The molecule has 4 rings (SSSR count). The molecule has 12 unspecified atom stereocenters. The Morgan fingerprint density at radius 3 is 1.77 bits per heavy atom. The van der Waals surface area contributed by atoms with E-state index in [0.29, 0.717) is 0 Å². The van der Waals surface area contributed by atoms with Gasteiger partial charge in [-0.3, -0.25) is 9.59 Å². The van der Waals surface area contributed by atoms with Crippen molar-refractivity contribution in [3.8, 4) is 0 Å². The average Bonchev–Trinajstić information content (AvgIpc) is 3.18. The van der Waals surface area contributed by atoms with Crippen LogP contribution in [-0.4, -0.2) is 244 Å². The van der Waals surface area contributed by atoms with Crippen molar-refractivity contribution in [3.05, 3.63) is 0 Å². The molecule has 15 N–H and O–H groups in total. The second-order valence-corrected chi connectivity index (χ2v) is 16.3. The minimum atomic E-state index is -2.98. The number of aliphatic carboxylic acids is 1. The number of hydrogen-bond donors (Lipinski definition) is 15. The third-order valence-electron chi connectivity index (χ3n) is 10.4. The number of aliphatic hydroxyl groups is 12. The molecule has 0 aromatic carbocycles. The lowest BCUT2D eigenvalue weighted by molar-refractivity contribution is -0.376. The first-order valence-corrected chi connectivity index (χ1v) is 19.4. The summed E-state index contributed by atoms with van der Waals surface area (Å²) in [4.78, 5) is 37.6. The van der Waals surface area contributed by atoms with E-state index < -0.39 is 185 Å². The Morgan fingerprint density at radius 2 is 1.23 bits per heavy atom. The van der Waals surface area contributed by atoms with Gasteiger partial charge in [0.15, 0.2) is 18.9 Å². The van der Waals surface area contributed by atoms with E-state index >= 15 is 0 Å². The Hall–Kier alpha value is -2.39. The molecule has 61 heavy (non-hydrogen) atoms. The fraction of sp³-hybridized carbons (Fsp3) is 0.914. The van der Waals surface area contributed by atoms with E-state index in [2.05, 4.69) is 10.6 Å². The molecule has 26 heteroatoms. The lowest BCUT2D eigenvalue weighted by Crippen LogP contribution is -2.70. The van der Waals surface area contributed by atoms with Crippen LogP contribution >= 0.6 is 0 Å². The van der Waals surface area contributed by atoms with Gasteiger partial charge in [-0.05, 0) is 20.8 Å². The molecule has 0 spiro atoms. The molecule has 0 aliphatic carbocycles. The Kier molecular flexibility index (Phi) is 17.7. The van der Waals surface area contributed by atoms with Crippen LogP contribution in [0, 0.1) is 0 Å². The van der Waals surface area contributed by atoms with E-state index in [1.165, 1.54) is 0 Å². The average molecular weight is 893 g/mol. The molecule has 0 radical (unpaired) electrons. The van der Waals surface area contributed by atoms with E-state index in [-0.39, 0.29) is 0 Å². The number of rotatable bonds is 16. The Morgan fingerprint density at radius 1 is 0.705 bits per heavy atom. The van der Waals surface area contributed by atoms with Crippen LogP contribution in [-0.2, 0) is 52.3 Å². The molecule has 4 heterocycles. The Bertz CT molecular complexity index is 1460. The van der Waals surface area contributed by atoms with E-state index in [9.17, 15) is 80.8 Å². The van der Waals surface area contributed by atoms with Crippen LogP contribution in [0.2, 0.25) is 0 Å². The zero-order chi connectivity index (χ0) is 45.9. The van der Waals surface area contributed by atoms with Crippen molar-refractivity contribution >= 4 is 17.8 Å². The Balaban J connectivity index is 1.76. The fourth-order valence-corrected chi connectivity index (χ4v) is 7.36. The summed E-state index contributed by atoms with van der Waals surface area (Å²) in [6.07, 6.45) is -34.9. The monoisotopic (exact) mass is 892 g/mol. The topological polar surface area (TPSA) is 412 Å². The quantitative estimate of drug-likeness (QED) is 0.0684. The molecule has 4 aliphatic heterocycles. The van der Waals surface area contributed by atoms with Gasteiger partial charge >= 0.3 is 5.97 Å². The molecule has 0 aromatic heterocycles. The number of carboxylic acid groups (broad SMARTS) is 1. The predicted molar refractivity (Wildman–Crippen MR) is 193 cm³/mol. The van der Waals surface area contributed by atoms with Crippen LogP contribution in [0.5, 0.6) is 0 Å². The van der Waals surface area contributed by atoms with Crippen LogP contribution < -0.4 is 10.6 Å². The Labute approximate surface area is 348 Å². The van der Waals surface area contributed by atoms with Gasteiger partial charge in [0.05, 0.1) is 44.2 Å². The normalized spacial score (nSPS) is 43.2. The number of hydrogen-bond acceptors (Lipinski definition) is 23. The molecule has 0 bridgehead atoms. The number of ether oxygens (including phenoxy) is 8. The summed E-state index contributed by atoms with van der Waals surface area (Å²) in [5.41, 5.74) is -0.975. The number of carbonyl (C=O) groups excluding carboxylic acids is 2. The van der Waals surface area contributed by atoms with Crippen molar-refractivity contribution in [2.75, 3.05) is 26.4 Å². The van der Waals surface area contributed by atoms with Gasteiger partial charge in [0.2, 0.25) is 11.8 Å². The summed E-state index contributed by atoms with van der Waals surface area (Å²) >= 11 is 0. The van der Waals surface area contributed by atoms with Gasteiger partial charge < -0.3 is 115 Å². The maximum atomic E-state index is 12.9. The molecule has 4 saturated heterocycles. The molecule has 26 nitrogen and oxygen atoms in total. The summed E-state index contributed by atoms with van der Waals surface area (Å²) in [5, 5.41) is 143. The fourth-order valence-electron chi connectivity index (χ4n) is 7.36. The van der Waals surface area contributed by atoms with Gasteiger partial charge in [0, 0.05) is 20.3 Å². The van der Waals surface area contributed by atoms with Gasteiger partial charge in [-0.15, -0.1) is 0 Å². The highest BCUT2D eigenvalue weighted by Gasteiger charge is 2.59. The molecule has 0 saturated carbocycles. The van der Waals surface area contributed by atoms with Gasteiger partial charge in [-0.2, -0.15) is 0 Å². The van der Waals surface area contributed by atoms with Crippen LogP contribution in [0.1, 0.15) is 41.0 Å². The molecular formula is C35H60N2O24. The summed E-state index contributed by atoms with van der Waals surface area (Å²) in [6.45, 7) is 2.99. The third kappa shape index (κ3) is 11.9. The smallest absolute Gasteiger partial charge is 0.364 e. The number of aliphatic hydroxyl groups excluding tert-OH is 12. The number of nitrogens with one attached hydrogen (secondary N) is 2. The van der Waals surface area contributed by atoms with Crippen molar-refractivity contribution < 1.29 is 119 Å². The maximum Gasteiger partial charge on any atom is 0.364 e. The van der Waals surface area contributed by atoms with Crippen molar-refractivity contribution in [2.24, 2.45) is 0 Å². The second kappa shape index (κ2) is 21.1. The van der Waals surface area contributed by atoms with E-state index in [1.54, 1.807) is 20.8 Å². The van der Waals surface area contributed by atoms with Crippen molar-refractivity contribution in [3.63, 3.8) is 0 Å². The number of carboxylic acids is 1. The van der Waals surface area contributed by atoms with Crippen LogP contribution in [0.25, 0.3) is 0 Å². The summed E-state index contributed by atoms with van der Waals surface area (Å²) in [5.74, 6) is -6.52. The van der Waals surface area contributed by atoms with Crippen LogP contribution in [0.4, 0.5) is 0 Å². The molecule has 0 aromatic rings. The first-order chi connectivity index (χ1) is 28.4. The van der Waals surface area contributed by atoms with E-state index in [4.69, 9.17) is 37.9 Å². The summed E-state index contributed by atoms with van der Waals surface area (Å²) < 4.78 is 46.1. The van der Waals surface area contributed by atoms with Crippen molar-refractivity contribution in [1.29, 1.82) is 0 Å². The molecule has 21 atom stereocenters. The highest BCUT2D eigenvalue weighted by molar-refractivity contribution is 5.76. The van der Waals surface area contributed by atoms with Crippen LogP contribution in [0.3, 0.4) is 0 Å². The number of carbonyl (C=O) groups is 3. The van der Waals surface area contributed by atoms with Crippen molar-refractivity contribution in [1.82, 2.24) is 10.6 Å². The standard InChI is InChI=1S/C35H60N2O24/c1-11(41)36-18-13(43)6-35(33(52)53,60-28(18)20(45)14(44)7-38)54-10-17-23(48)27(58-31-25(50)24(49)21(46)15(8-39)55-31)19(37-12(2)42)30(57-17)59-29-22(47)16(9-40)56-32(26(29)51)61-34(3,4)5/h13-32,38-40,43-51H,6-10H2,1-5H3,(H,36,41)(H,37,42)(H,52,53)/t13?,14-,15?,16?,17?,18?,19?,20-,21+,22+,23-,24?,25?,26?,27?,28?,29?,30+,31+,32+,35-/m1/s1. The van der Waals surface area contributed by atoms with Gasteiger partial charge in [-0.1, -0.05) is 0 Å². The lowest BCUT2D eigenvalue weighted by atomic mass is 9.88. The SMILES string of the molecule is CC(=O)NC1C(O)C[C@](OCC2O[C@@H](OC3C(O)[C@H](OC(C)(C)C)OC(CO)[C@@H]3O)C(NC(C)=O)C(O[C@@H]3OC(CO)[C@H](O)C(O)C3O)[C@@H]2O)(C(=O)O)OC1[C@H](O)[C@H](O)CO. The zero-order valence-electron chi connectivity index (χ0n) is 33.9. The molecular weight excluding hydrogens is 832 g/mol. The lowest BCUT2D eigenvalue weighted by Gasteiger charge is -2.50. The van der Waals surface area contributed by atoms with Gasteiger partial charge in [-0.25, -0.2) is 4.79 Å². The molecule has 2 amide bonds. The molecule has 4 aliphatic rings. The summed E-state index contributed by atoms with van der Waals surface area (Å²) in [7, 11) is 0. The number of amides is 2. The van der Waals surface area contributed by atoms with Crippen molar-refractivity contribution in [2.45, 2.75) is 175 Å². The maximum absolute atomic E-state index is 12.9. The van der Waals surface area contributed by atoms with E-state index in [0.717, 1.165) is 13.8 Å². The third-order valence-corrected chi connectivity index (χ3v) is 10.4. The minimum absolute atomic E-state index is 0.766.